The van der Waals surface area contributed by atoms with Gasteiger partial charge >= 0.3 is 0 Å². The average Bonchev–Trinajstić information content (AvgIpc) is 2.43. The molecule has 0 atom stereocenters. The van der Waals surface area contributed by atoms with Crippen LogP contribution in [0.15, 0.2) is 18.2 Å². The molecule has 0 aliphatic carbocycles. The maximum atomic E-state index is 13.9. The van der Waals surface area contributed by atoms with E-state index in [9.17, 15) is 4.39 Å². The lowest BCUT2D eigenvalue weighted by atomic mass is 10.1. The molecule has 0 aliphatic heterocycles. The van der Waals surface area contributed by atoms with Crippen LogP contribution in [0.2, 0.25) is 0 Å². The third-order valence-corrected chi connectivity index (χ3v) is 2.97. The average molecular weight is 270 g/mol. The zero-order valence-corrected chi connectivity index (χ0v) is 11.7. The quantitative estimate of drug-likeness (QED) is 0.736. The van der Waals surface area contributed by atoms with E-state index in [0.29, 0.717) is 31.9 Å². The fraction of sp³-hybridized carbons (Fsp3) is 0.571. The molecule has 5 heteroatoms. The molecule has 2 N–H and O–H groups in total. The summed E-state index contributed by atoms with van der Waals surface area (Å²) in [6.45, 7) is 3.63. The highest BCUT2D eigenvalue weighted by Gasteiger charge is 2.09. The zero-order valence-electron chi connectivity index (χ0n) is 11.7. The molecule has 1 rings (SSSR count). The predicted octanol–water partition coefficient (Wildman–Crippen LogP) is 1.38. The van der Waals surface area contributed by atoms with E-state index >= 15 is 0 Å². The maximum absolute atomic E-state index is 13.9. The summed E-state index contributed by atoms with van der Waals surface area (Å²) in [6, 6.07) is 5.16. The molecule has 0 saturated carbocycles. The van der Waals surface area contributed by atoms with Crippen molar-refractivity contribution in [3.63, 3.8) is 0 Å². The number of halogens is 1. The van der Waals surface area contributed by atoms with Crippen molar-refractivity contribution in [2.45, 2.75) is 13.1 Å². The Hall–Kier alpha value is -1.01. The third-order valence-electron chi connectivity index (χ3n) is 2.97. The first-order valence-corrected chi connectivity index (χ1v) is 6.38. The van der Waals surface area contributed by atoms with Crippen molar-refractivity contribution in [2.24, 2.45) is 5.73 Å². The molecule has 19 heavy (non-hydrogen) atoms. The summed E-state index contributed by atoms with van der Waals surface area (Å²) in [5.74, 6) is -0.206. The normalized spacial score (nSPS) is 11.2. The van der Waals surface area contributed by atoms with E-state index in [1.165, 1.54) is 6.07 Å². The summed E-state index contributed by atoms with van der Waals surface area (Å²) in [6.07, 6.45) is 0. The van der Waals surface area contributed by atoms with Gasteiger partial charge in [0.15, 0.2) is 0 Å². The summed E-state index contributed by atoms with van der Waals surface area (Å²) in [5, 5.41) is 0. The van der Waals surface area contributed by atoms with Crippen molar-refractivity contribution in [1.29, 1.82) is 0 Å². The molecule has 0 bridgehead atoms. The number of methoxy groups -OCH3 is 2. The van der Waals surface area contributed by atoms with Gasteiger partial charge < -0.3 is 15.2 Å². The Morgan fingerprint density at radius 2 is 1.79 bits per heavy atom. The smallest absolute Gasteiger partial charge is 0.128 e. The predicted molar refractivity (Wildman–Crippen MR) is 73.3 cm³/mol. The minimum absolute atomic E-state index is 0.206. The SMILES string of the molecule is COCCN(CCOC)Cc1ccc(CN)cc1F. The number of rotatable bonds is 9. The van der Waals surface area contributed by atoms with Crippen molar-refractivity contribution in [3.8, 4) is 0 Å². The van der Waals surface area contributed by atoms with Gasteiger partial charge in [-0.3, -0.25) is 4.90 Å². The molecule has 108 valence electrons. The van der Waals surface area contributed by atoms with E-state index < -0.39 is 0 Å². The van der Waals surface area contributed by atoms with E-state index in [4.69, 9.17) is 15.2 Å². The van der Waals surface area contributed by atoms with Gasteiger partial charge in [-0.1, -0.05) is 12.1 Å². The first kappa shape index (κ1) is 16.0. The molecular weight excluding hydrogens is 247 g/mol. The van der Waals surface area contributed by atoms with E-state index in [0.717, 1.165) is 18.7 Å². The molecule has 0 unspecified atom stereocenters. The summed E-state index contributed by atoms with van der Waals surface area (Å²) in [7, 11) is 3.32. The second-order valence-electron chi connectivity index (χ2n) is 4.39. The topological polar surface area (TPSA) is 47.7 Å². The second-order valence-corrected chi connectivity index (χ2v) is 4.39. The van der Waals surface area contributed by atoms with Crippen LogP contribution in [0, 0.1) is 5.82 Å². The highest BCUT2D eigenvalue weighted by Crippen LogP contribution is 2.12. The molecule has 4 nitrogen and oxygen atoms in total. The highest BCUT2D eigenvalue weighted by atomic mass is 19.1. The van der Waals surface area contributed by atoms with Crippen LogP contribution in [0.5, 0.6) is 0 Å². The number of hydrogen-bond donors (Lipinski definition) is 1. The molecule has 0 heterocycles. The monoisotopic (exact) mass is 270 g/mol. The van der Waals surface area contributed by atoms with Crippen LogP contribution in [-0.4, -0.2) is 45.4 Å². The summed E-state index contributed by atoms with van der Waals surface area (Å²) in [5.41, 5.74) is 6.97. The van der Waals surface area contributed by atoms with Crippen molar-refractivity contribution in [1.82, 2.24) is 4.90 Å². The molecule has 0 aromatic heterocycles. The van der Waals surface area contributed by atoms with Gasteiger partial charge in [-0.15, -0.1) is 0 Å². The lowest BCUT2D eigenvalue weighted by molar-refractivity contribution is 0.109. The van der Waals surface area contributed by atoms with Crippen molar-refractivity contribution < 1.29 is 13.9 Å². The maximum Gasteiger partial charge on any atom is 0.128 e. The Morgan fingerprint density at radius 1 is 1.16 bits per heavy atom. The Bertz CT molecular complexity index is 366. The van der Waals surface area contributed by atoms with Crippen LogP contribution in [0.3, 0.4) is 0 Å². The molecule has 0 spiro atoms. The van der Waals surface area contributed by atoms with E-state index in [-0.39, 0.29) is 5.82 Å². The van der Waals surface area contributed by atoms with Gasteiger partial charge in [0.05, 0.1) is 13.2 Å². The van der Waals surface area contributed by atoms with E-state index in [2.05, 4.69) is 4.90 Å². The molecule has 0 saturated heterocycles. The molecule has 0 fully saturated rings. The Morgan fingerprint density at radius 3 is 2.26 bits per heavy atom. The van der Waals surface area contributed by atoms with Crippen LogP contribution in [0.1, 0.15) is 11.1 Å². The van der Waals surface area contributed by atoms with Crippen molar-refractivity contribution >= 4 is 0 Å². The minimum Gasteiger partial charge on any atom is -0.383 e. The van der Waals surface area contributed by atoms with Crippen molar-refractivity contribution in [3.05, 3.63) is 35.1 Å². The number of nitrogens with two attached hydrogens (primary N) is 1. The first-order chi connectivity index (χ1) is 9.21. The standard InChI is InChI=1S/C14H23FN2O2/c1-18-7-5-17(6-8-19-2)11-13-4-3-12(10-16)9-14(13)15/h3-4,9H,5-8,10-11,16H2,1-2H3. The largest absolute Gasteiger partial charge is 0.383 e. The van der Waals surface area contributed by atoms with Crippen LogP contribution < -0.4 is 5.73 Å². The Labute approximate surface area is 114 Å². The number of benzene rings is 1. The number of ether oxygens (including phenoxy) is 2. The lowest BCUT2D eigenvalue weighted by Crippen LogP contribution is -2.30. The van der Waals surface area contributed by atoms with Gasteiger partial charge in [-0.2, -0.15) is 0 Å². The molecule has 0 amide bonds. The van der Waals surface area contributed by atoms with Crippen LogP contribution in [0.4, 0.5) is 4.39 Å². The third kappa shape index (κ3) is 5.65. The van der Waals surface area contributed by atoms with E-state index in [1.54, 1.807) is 20.3 Å². The molecule has 1 aromatic rings. The van der Waals surface area contributed by atoms with Gasteiger partial charge in [-0.05, 0) is 11.6 Å². The molecule has 0 radical (unpaired) electrons. The van der Waals surface area contributed by atoms with Gasteiger partial charge in [0, 0.05) is 46.0 Å². The second kappa shape index (κ2) is 8.98. The number of nitrogens with zero attached hydrogens (tertiary/aromatic N) is 1. The minimum atomic E-state index is -0.206. The van der Waals surface area contributed by atoms with Crippen LogP contribution >= 0.6 is 0 Å². The molecular formula is C14H23FN2O2. The Kier molecular flexibility index (Phi) is 7.59. The van der Waals surface area contributed by atoms with Crippen LogP contribution in [-0.2, 0) is 22.6 Å². The first-order valence-electron chi connectivity index (χ1n) is 6.38. The lowest BCUT2D eigenvalue weighted by Gasteiger charge is -2.22. The highest BCUT2D eigenvalue weighted by molar-refractivity contribution is 5.24. The van der Waals surface area contributed by atoms with Gasteiger partial charge in [-0.25, -0.2) is 4.39 Å². The fourth-order valence-electron chi connectivity index (χ4n) is 1.80. The number of hydrogen-bond acceptors (Lipinski definition) is 4. The van der Waals surface area contributed by atoms with Gasteiger partial charge in [0.1, 0.15) is 5.82 Å². The van der Waals surface area contributed by atoms with Crippen molar-refractivity contribution in [2.75, 3.05) is 40.5 Å². The van der Waals surface area contributed by atoms with Crippen LogP contribution in [0.25, 0.3) is 0 Å². The Balaban J connectivity index is 2.65. The van der Waals surface area contributed by atoms with Gasteiger partial charge in [0.25, 0.3) is 0 Å². The van der Waals surface area contributed by atoms with E-state index in [1.807, 2.05) is 6.07 Å². The molecule has 0 aliphatic rings. The van der Waals surface area contributed by atoms with Gasteiger partial charge in [0.2, 0.25) is 0 Å². The summed E-state index contributed by atoms with van der Waals surface area (Å²) in [4.78, 5) is 2.10. The zero-order chi connectivity index (χ0) is 14.1. The molecule has 1 aromatic carbocycles. The summed E-state index contributed by atoms with van der Waals surface area (Å²) >= 11 is 0. The summed E-state index contributed by atoms with van der Waals surface area (Å²) < 4.78 is 24.0. The fourth-order valence-corrected chi connectivity index (χ4v) is 1.80.